The quantitative estimate of drug-likeness (QED) is 0.865. The first-order chi connectivity index (χ1) is 7.83. The van der Waals surface area contributed by atoms with Crippen molar-refractivity contribution in [2.24, 2.45) is 11.1 Å². The largest absolute Gasteiger partial charge is 0.416 e. The van der Waals surface area contributed by atoms with Crippen LogP contribution in [0.25, 0.3) is 0 Å². The van der Waals surface area contributed by atoms with Gasteiger partial charge >= 0.3 is 6.18 Å². The Morgan fingerprint density at radius 2 is 1.88 bits per heavy atom. The summed E-state index contributed by atoms with van der Waals surface area (Å²) in [5.74, 6) is 0. The third kappa shape index (κ3) is 2.63. The highest BCUT2D eigenvalue weighted by Crippen LogP contribution is 2.48. The van der Waals surface area contributed by atoms with Crippen LogP contribution in [0, 0.1) is 5.41 Å². The third-order valence-corrected chi connectivity index (χ3v) is 3.70. The molecule has 0 aliphatic heterocycles. The van der Waals surface area contributed by atoms with E-state index < -0.39 is 11.7 Å². The first kappa shape index (κ1) is 12.4. The number of nitrogens with two attached hydrogens (primary N) is 1. The molecule has 0 aromatic heterocycles. The SMILES string of the molecule is CC1(C(N)Cc2ccccc2C(F)(F)F)CC1. The van der Waals surface area contributed by atoms with Gasteiger partial charge in [-0.2, -0.15) is 13.2 Å². The Morgan fingerprint density at radius 1 is 1.29 bits per heavy atom. The predicted octanol–water partition coefficient (Wildman–Crippen LogP) is 3.38. The van der Waals surface area contributed by atoms with Crippen molar-refractivity contribution in [1.29, 1.82) is 0 Å². The van der Waals surface area contributed by atoms with E-state index in [1.807, 2.05) is 6.92 Å². The van der Waals surface area contributed by atoms with Gasteiger partial charge in [-0.1, -0.05) is 25.1 Å². The molecule has 1 nitrogen and oxygen atoms in total. The molecule has 1 fully saturated rings. The van der Waals surface area contributed by atoms with E-state index in [1.165, 1.54) is 12.1 Å². The smallest absolute Gasteiger partial charge is 0.327 e. The molecule has 0 bridgehead atoms. The molecule has 1 aliphatic rings. The molecular formula is C13H16F3N. The number of rotatable bonds is 3. The summed E-state index contributed by atoms with van der Waals surface area (Å²) >= 11 is 0. The zero-order valence-corrected chi connectivity index (χ0v) is 9.72. The van der Waals surface area contributed by atoms with E-state index in [0.29, 0.717) is 12.0 Å². The molecule has 1 atom stereocenters. The van der Waals surface area contributed by atoms with E-state index in [9.17, 15) is 13.2 Å². The summed E-state index contributed by atoms with van der Waals surface area (Å²) in [5, 5.41) is 0. The van der Waals surface area contributed by atoms with E-state index in [-0.39, 0.29) is 11.5 Å². The van der Waals surface area contributed by atoms with Crippen molar-refractivity contribution in [2.75, 3.05) is 0 Å². The van der Waals surface area contributed by atoms with Crippen LogP contribution in [0.15, 0.2) is 24.3 Å². The van der Waals surface area contributed by atoms with Crippen LogP contribution in [0.4, 0.5) is 13.2 Å². The van der Waals surface area contributed by atoms with E-state index in [0.717, 1.165) is 18.9 Å². The van der Waals surface area contributed by atoms with Gasteiger partial charge < -0.3 is 5.73 Å². The molecule has 1 aromatic rings. The van der Waals surface area contributed by atoms with Gasteiger partial charge in [0.25, 0.3) is 0 Å². The molecule has 1 aliphatic carbocycles. The van der Waals surface area contributed by atoms with Crippen molar-refractivity contribution in [3.63, 3.8) is 0 Å². The second-order valence-electron chi connectivity index (χ2n) is 5.12. The monoisotopic (exact) mass is 243 g/mol. The molecule has 2 N–H and O–H groups in total. The van der Waals surface area contributed by atoms with Crippen molar-refractivity contribution >= 4 is 0 Å². The first-order valence-corrected chi connectivity index (χ1v) is 5.74. The lowest BCUT2D eigenvalue weighted by Gasteiger charge is -2.21. The average molecular weight is 243 g/mol. The number of alkyl halides is 3. The topological polar surface area (TPSA) is 26.0 Å². The first-order valence-electron chi connectivity index (χ1n) is 5.74. The number of hydrogen-bond donors (Lipinski definition) is 1. The minimum atomic E-state index is -4.29. The molecule has 0 saturated heterocycles. The van der Waals surface area contributed by atoms with Gasteiger partial charge in [-0.25, -0.2) is 0 Å². The summed E-state index contributed by atoms with van der Waals surface area (Å²) in [6.07, 6.45) is -1.96. The molecule has 0 spiro atoms. The Bertz CT molecular complexity index is 407. The Morgan fingerprint density at radius 3 is 2.41 bits per heavy atom. The fourth-order valence-corrected chi connectivity index (χ4v) is 2.03. The van der Waals surface area contributed by atoms with Crippen molar-refractivity contribution in [3.8, 4) is 0 Å². The lowest BCUT2D eigenvalue weighted by molar-refractivity contribution is -0.138. The van der Waals surface area contributed by atoms with Crippen molar-refractivity contribution in [3.05, 3.63) is 35.4 Å². The summed E-state index contributed by atoms with van der Waals surface area (Å²) in [6.45, 7) is 2.04. The van der Waals surface area contributed by atoms with Gasteiger partial charge in [0.1, 0.15) is 0 Å². The number of halogens is 3. The lowest BCUT2D eigenvalue weighted by Crippen LogP contribution is -2.32. The van der Waals surface area contributed by atoms with Crippen LogP contribution in [0.3, 0.4) is 0 Å². The van der Waals surface area contributed by atoms with Crippen molar-refractivity contribution in [2.45, 2.75) is 38.4 Å². The molecule has 0 amide bonds. The van der Waals surface area contributed by atoms with Crippen LogP contribution in [-0.4, -0.2) is 6.04 Å². The van der Waals surface area contributed by atoms with E-state index in [4.69, 9.17) is 5.73 Å². The molecule has 17 heavy (non-hydrogen) atoms. The van der Waals surface area contributed by atoms with Gasteiger partial charge in [0.05, 0.1) is 5.56 Å². The van der Waals surface area contributed by atoms with Gasteiger partial charge in [-0.15, -0.1) is 0 Å². The average Bonchev–Trinajstić information content (AvgIpc) is 2.97. The Balaban J connectivity index is 2.21. The van der Waals surface area contributed by atoms with Crippen LogP contribution < -0.4 is 5.73 Å². The normalized spacial score (nSPS) is 20.1. The molecule has 0 heterocycles. The zero-order chi connectivity index (χ0) is 12.7. The van der Waals surface area contributed by atoms with Crippen LogP contribution in [0.1, 0.15) is 30.9 Å². The number of benzene rings is 1. The van der Waals surface area contributed by atoms with Gasteiger partial charge in [-0.3, -0.25) is 0 Å². The molecule has 0 radical (unpaired) electrons. The molecule has 1 saturated carbocycles. The van der Waals surface area contributed by atoms with Crippen LogP contribution >= 0.6 is 0 Å². The second kappa shape index (κ2) is 4.02. The van der Waals surface area contributed by atoms with E-state index >= 15 is 0 Å². The maximum absolute atomic E-state index is 12.8. The summed E-state index contributed by atoms with van der Waals surface area (Å²) in [4.78, 5) is 0. The summed E-state index contributed by atoms with van der Waals surface area (Å²) in [7, 11) is 0. The maximum Gasteiger partial charge on any atom is 0.416 e. The number of hydrogen-bond acceptors (Lipinski definition) is 1. The Kier molecular flexibility index (Phi) is 2.94. The van der Waals surface area contributed by atoms with Gasteiger partial charge in [-0.05, 0) is 36.3 Å². The van der Waals surface area contributed by atoms with Crippen molar-refractivity contribution < 1.29 is 13.2 Å². The highest BCUT2D eigenvalue weighted by atomic mass is 19.4. The minimum Gasteiger partial charge on any atom is -0.327 e. The molecular weight excluding hydrogens is 227 g/mol. The Hall–Kier alpha value is -1.03. The molecule has 1 aromatic carbocycles. The van der Waals surface area contributed by atoms with Crippen molar-refractivity contribution in [1.82, 2.24) is 0 Å². The Labute approximate surface area is 98.8 Å². The molecule has 4 heteroatoms. The van der Waals surface area contributed by atoms with Crippen LogP contribution in [-0.2, 0) is 12.6 Å². The van der Waals surface area contributed by atoms with Gasteiger partial charge in [0.15, 0.2) is 0 Å². The molecule has 1 unspecified atom stereocenters. The lowest BCUT2D eigenvalue weighted by atomic mass is 9.91. The predicted molar refractivity (Wildman–Crippen MR) is 60.5 cm³/mol. The van der Waals surface area contributed by atoms with E-state index in [2.05, 4.69) is 0 Å². The molecule has 2 rings (SSSR count). The highest BCUT2D eigenvalue weighted by molar-refractivity contribution is 5.31. The summed E-state index contributed by atoms with van der Waals surface area (Å²) < 4.78 is 38.3. The standard InChI is InChI=1S/C13H16F3N/c1-12(6-7-12)11(17)8-9-4-2-3-5-10(9)13(14,15)16/h2-5,11H,6-8,17H2,1H3. The zero-order valence-electron chi connectivity index (χ0n) is 9.72. The van der Waals surface area contributed by atoms with E-state index in [1.54, 1.807) is 6.07 Å². The van der Waals surface area contributed by atoms with Crippen LogP contribution in [0.5, 0.6) is 0 Å². The third-order valence-electron chi connectivity index (χ3n) is 3.70. The minimum absolute atomic E-state index is 0.0404. The maximum atomic E-state index is 12.8. The summed E-state index contributed by atoms with van der Waals surface area (Å²) in [5.41, 5.74) is 5.78. The summed E-state index contributed by atoms with van der Waals surface area (Å²) in [6, 6.07) is 5.50. The fourth-order valence-electron chi connectivity index (χ4n) is 2.03. The highest BCUT2D eigenvalue weighted by Gasteiger charge is 2.43. The van der Waals surface area contributed by atoms with Gasteiger partial charge in [0.2, 0.25) is 0 Å². The van der Waals surface area contributed by atoms with Crippen LogP contribution in [0.2, 0.25) is 0 Å². The second-order valence-corrected chi connectivity index (χ2v) is 5.12. The molecule has 94 valence electrons. The van der Waals surface area contributed by atoms with Gasteiger partial charge in [0, 0.05) is 6.04 Å². The fraction of sp³-hybridized carbons (Fsp3) is 0.538.